The van der Waals surface area contributed by atoms with Gasteiger partial charge >= 0.3 is 0 Å². The molecule has 2 heteroatoms. The SMILES string of the molecule is CC(C)(C)CCCCCCCCCCCCCCOCCCO. The van der Waals surface area contributed by atoms with Crippen molar-refractivity contribution in [1.29, 1.82) is 0 Å². The van der Waals surface area contributed by atoms with E-state index in [-0.39, 0.29) is 6.61 Å². The lowest BCUT2D eigenvalue weighted by atomic mass is 9.89. The van der Waals surface area contributed by atoms with Gasteiger partial charge in [0.05, 0.1) is 0 Å². The smallest absolute Gasteiger partial charge is 0.0487 e. The molecule has 2 nitrogen and oxygen atoms in total. The fourth-order valence-corrected chi connectivity index (χ4v) is 2.90. The second-order valence-corrected chi connectivity index (χ2v) is 8.24. The molecule has 0 amide bonds. The first kappa shape index (κ1) is 22.9. The minimum Gasteiger partial charge on any atom is -0.396 e. The number of aliphatic hydroxyl groups is 1. The van der Waals surface area contributed by atoms with Crippen LogP contribution in [0.4, 0.5) is 0 Å². The van der Waals surface area contributed by atoms with Gasteiger partial charge in [0.2, 0.25) is 0 Å². The average molecular weight is 329 g/mol. The monoisotopic (exact) mass is 328 g/mol. The molecule has 0 saturated heterocycles. The van der Waals surface area contributed by atoms with Crippen molar-refractivity contribution in [2.24, 2.45) is 5.41 Å². The van der Waals surface area contributed by atoms with Crippen LogP contribution in [-0.4, -0.2) is 24.9 Å². The predicted octanol–water partition coefficient (Wildman–Crippen LogP) is 6.50. The first-order chi connectivity index (χ1) is 11.1. The van der Waals surface area contributed by atoms with Crippen LogP contribution in [0, 0.1) is 5.41 Å². The summed E-state index contributed by atoms with van der Waals surface area (Å²) in [4.78, 5) is 0. The van der Waals surface area contributed by atoms with Gasteiger partial charge in [0.15, 0.2) is 0 Å². The number of hydrogen-bond donors (Lipinski definition) is 1. The molecule has 0 saturated carbocycles. The molecule has 1 N–H and O–H groups in total. The summed E-state index contributed by atoms with van der Waals surface area (Å²) in [6, 6.07) is 0. The highest BCUT2D eigenvalue weighted by atomic mass is 16.5. The van der Waals surface area contributed by atoms with Crippen LogP contribution in [-0.2, 0) is 4.74 Å². The lowest BCUT2D eigenvalue weighted by Crippen LogP contribution is -2.03. The Labute approximate surface area is 146 Å². The minimum absolute atomic E-state index is 0.247. The largest absolute Gasteiger partial charge is 0.396 e. The molecule has 0 spiro atoms. The minimum atomic E-state index is 0.247. The molecular weight excluding hydrogens is 284 g/mol. The van der Waals surface area contributed by atoms with Gasteiger partial charge in [-0.25, -0.2) is 0 Å². The summed E-state index contributed by atoms with van der Waals surface area (Å²) in [7, 11) is 0. The third kappa shape index (κ3) is 21.9. The van der Waals surface area contributed by atoms with Crippen LogP contribution in [0.25, 0.3) is 0 Å². The zero-order chi connectivity index (χ0) is 17.2. The molecule has 0 aromatic rings. The number of aliphatic hydroxyl groups excluding tert-OH is 1. The van der Waals surface area contributed by atoms with E-state index in [1.165, 1.54) is 83.5 Å². The van der Waals surface area contributed by atoms with Crippen LogP contribution in [0.15, 0.2) is 0 Å². The Bertz CT molecular complexity index is 220. The van der Waals surface area contributed by atoms with E-state index < -0.39 is 0 Å². The van der Waals surface area contributed by atoms with E-state index in [1.54, 1.807) is 0 Å². The molecule has 0 aromatic heterocycles. The first-order valence-corrected chi connectivity index (χ1v) is 10.2. The molecule has 0 radical (unpaired) electrons. The van der Waals surface area contributed by atoms with Gasteiger partial charge in [-0.05, 0) is 24.7 Å². The second kappa shape index (κ2) is 16.8. The molecule has 0 rings (SSSR count). The van der Waals surface area contributed by atoms with Gasteiger partial charge in [0, 0.05) is 19.8 Å². The first-order valence-electron chi connectivity index (χ1n) is 10.2. The fraction of sp³-hybridized carbons (Fsp3) is 1.00. The lowest BCUT2D eigenvalue weighted by molar-refractivity contribution is 0.112. The molecular formula is C21H44O2. The molecule has 0 aromatic carbocycles. The second-order valence-electron chi connectivity index (χ2n) is 8.24. The summed E-state index contributed by atoms with van der Waals surface area (Å²) >= 11 is 0. The topological polar surface area (TPSA) is 29.5 Å². The summed E-state index contributed by atoms with van der Waals surface area (Å²) in [5.41, 5.74) is 0.519. The van der Waals surface area contributed by atoms with Gasteiger partial charge in [0.1, 0.15) is 0 Å². The zero-order valence-corrected chi connectivity index (χ0v) is 16.4. The van der Waals surface area contributed by atoms with Crippen molar-refractivity contribution in [1.82, 2.24) is 0 Å². The molecule has 23 heavy (non-hydrogen) atoms. The Kier molecular flexibility index (Phi) is 16.7. The lowest BCUT2D eigenvalue weighted by Gasteiger charge is -2.17. The van der Waals surface area contributed by atoms with Gasteiger partial charge in [-0.2, -0.15) is 0 Å². The van der Waals surface area contributed by atoms with E-state index in [1.807, 2.05) is 0 Å². The Morgan fingerprint density at radius 3 is 1.39 bits per heavy atom. The van der Waals surface area contributed by atoms with Crippen molar-refractivity contribution in [3.05, 3.63) is 0 Å². The molecule has 0 fully saturated rings. The van der Waals surface area contributed by atoms with Crippen molar-refractivity contribution in [3.8, 4) is 0 Å². The molecule has 0 aliphatic rings. The van der Waals surface area contributed by atoms with E-state index in [2.05, 4.69) is 20.8 Å². The maximum absolute atomic E-state index is 8.63. The van der Waals surface area contributed by atoms with E-state index in [0.29, 0.717) is 12.0 Å². The Morgan fingerprint density at radius 1 is 0.565 bits per heavy atom. The van der Waals surface area contributed by atoms with Crippen LogP contribution >= 0.6 is 0 Å². The summed E-state index contributed by atoms with van der Waals surface area (Å²) in [5.74, 6) is 0. The normalized spacial score (nSPS) is 12.0. The molecule has 140 valence electrons. The Hall–Kier alpha value is -0.0800. The van der Waals surface area contributed by atoms with Crippen molar-refractivity contribution in [2.45, 2.75) is 111 Å². The van der Waals surface area contributed by atoms with Crippen LogP contribution in [0.1, 0.15) is 111 Å². The molecule has 0 atom stereocenters. The maximum Gasteiger partial charge on any atom is 0.0487 e. The fourth-order valence-electron chi connectivity index (χ4n) is 2.90. The van der Waals surface area contributed by atoms with E-state index in [0.717, 1.165) is 13.0 Å². The molecule has 0 heterocycles. The van der Waals surface area contributed by atoms with Crippen molar-refractivity contribution < 1.29 is 9.84 Å². The highest BCUT2D eigenvalue weighted by Crippen LogP contribution is 2.22. The summed E-state index contributed by atoms with van der Waals surface area (Å²) in [5, 5.41) is 8.63. The Morgan fingerprint density at radius 2 is 0.957 bits per heavy atom. The van der Waals surface area contributed by atoms with Crippen LogP contribution < -0.4 is 0 Å². The summed E-state index contributed by atoms with van der Waals surface area (Å²) in [6.07, 6.45) is 18.8. The van der Waals surface area contributed by atoms with Crippen LogP contribution in [0.5, 0.6) is 0 Å². The van der Waals surface area contributed by atoms with E-state index >= 15 is 0 Å². The standard InChI is InChI=1S/C21H44O2/c1-21(2,3)17-14-12-10-8-6-4-5-7-9-11-13-15-19-23-20-16-18-22/h22H,4-20H2,1-3H3. The third-order valence-electron chi connectivity index (χ3n) is 4.41. The predicted molar refractivity (Wildman–Crippen MR) is 102 cm³/mol. The summed E-state index contributed by atoms with van der Waals surface area (Å²) < 4.78 is 5.43. The van der Waals surface area contributed by atoms with Crippen LogP contribution in [0.2, 0.25) is 0 Å². The highest BCUT2D eigenvalue weighted by molar-refractivity contribution is 4.61. The molecule has 0 bridgehead atoms. The van der Waals surface area contributed by atoms with Gasteiger partial charge in [-0.15, -0.1) is 0 Å². The highest BCUT2D eigenvalue weighted by Gasteiger charge is 2.08. The van der Waals surface area contributed by atoms with Gasteiger partial charge in [-0.3, -0.25) is 0 Å². The number of unbranched alkanes of at least 4 members (excludes halogenated alkanes) is 11. The average Bonchev–Trinajstić information content (AvgIpc) is 2.49. The maximum atomic E-state index is 8.63. The van der Waals surface area contributed by atoms with Crippen molar-refractivity contribution in [3.63, 3.8) is 0 Å². The van der Waals surface area contributed by atoms with Gasteiger partial charge < -0.3 is 9.84 Å². The third-order valence-corrected chi connectivity index (χ3v) is 4.41. The van der Waals surface area contributed by atoms with Crippen LogP contribution in [0.3, 0.4) is 0 Å². The number of rotatable bonds is 17. The molecule has 0 aliphatic carbocycles. The van der Waals surface area contributed by atoms with Gasteiger partial charge in [-0.1, -0.05) is 91.4 Å². The van der Waals surface area contributed by atoms with Gasteiger partial charge in [0.25, 0.3) is 0 Å². The molecule has 0 unspecified atom stereocenters. The molecule has 0 aliphatic heterocycles. The van der Waals surface area contributed by atoms with Crippen molar-refractivity contribution in [2.75, 3.05) is 19.8 Å². The number of hydrogen-bond acceptors (Lipinski definition) is 2. The van der Waals surface area contributed by atoms with E-state index in [9.17, 15) is 0 Å². The van der Waals surface area contributed by atoms with Crippen molar-refractivity contribution >= 4 is 0 Å². The quantitative estimate of drug-likeness (QED) is 0.309. The summed E-state index contributed by atoms with van der Waals surface area (Å²) in [6.45, 7) is 8.87. The number of ether oxygens (including phenoxy) is 1. The Balaban J connectivity index is 3.00. The van der Waals surface area contributed by atoms with E-state index in [4.69, 9.17) is 9.84 Å². The zero-order valence-electron chi connectivity index (χ0n) is 16.4.